The maximum atomic E-state index is 12.1. The minimum atomic E-state index is -0.444. The average molecular weight is 255 g/mol. The first kappa shape index (κ1) is 12.0. The van der Waals surface area contributed by atoms with Crippen molar-refractivity contribution in [3.05, 3.63) is 25.9 Å². The second kappa shape index (κ2) is 4.80. The molecule has 1 aliphatic heterocycles. The Morgan fingerprint density at radius 3 is 2.71 bits per heavy atom. The SMILES string of the molecule is Cc1sc(C(=O)N2CCNCC2)cc1[N+](=O)[O-]. The van der Waals surface area contributed by atoms with Crippen molar-refractivity contribution in [2.75, 3.05) is 26.2 Å². The second-order valence-corrected chi connectivity index (χ2v) is 5.11. The molecule has 2 rings (SSSR count). The second-order valence-electron chi connectivity index (χ2n) is 3.85. The van der Waals surface area contributed by atoms with Crippen molar-refractivity contribution in [1.29, 1.82) is 0 Å². The minimum absolute atomic E-state index is 0.0356. The fraction of sp³-hybridized carbons (Fsp3) is 0.500. The molecule has 1 fully saturated rings. The molecular formula is C10H13N3O3S. The van der Waals surface area contributed by atoms with Crippen LogP contribution in [0, 0.1) is 17.0 Å². The van der Waals surface area contributed by atoms with E-state index in [-0.39, 0.29) is 11.6 Å². The van der Waals surface area contributed by atoms with E-state index >= 15 is 0 Å². The van der Waals surface area contributed by atoms with Gasteiger partial charge in [0.05, 0.1) is 14.7 Å². The standard InChI is InChI=1S/C10H13N3O3S/c1-7-8(13(15)16)6-9(17-7)10(14)12-4-2-11-3-5-12/h6,11H,2-5H2,1H3. The number of nitro groups is 1. The Kier molecular flexibility index (Phi) is 3.39. The molecule has 1 saturated heterocycles. The highest BCUT2D eigenvalue weighted by molar-refractivity contribution is 7.14. The predicted octanol–water partition coefficient (Wildman–Crippen LogP) is 1.01. The van der Waals surface area contributed by atoms with Crippen molar-refractivity contribution in [2.45, 2.75) is 6.92 Å². The number of hydrogen-bond donors (Lipinski definition) is 1. The number of carbonyl (C=O) groups is 1. The van der Waals surface area contributed by atoms with Crippen LogP contribution in [0.15, 0.2) is 6.07 Å². The van der Waals surface area contributed by atoms with Crippen molar-refractivity contribution in [1.82, 2.24) is 10.2 Å². The van der Waals surface area contributed by atoms with Crippen LogP contribution in [0.25, 0.3) is 0 Å². The lowest BCUT2D eigenvalue weighted by atomic mass is 10.3. The molecule has 92 valence electrons. The van der Waals surface area contributed by atoms with E-state index in [4.69, 9.17) is 0 Å². The highest BCUT2D eigenvalue weighted by Crippen LogP contribution is 2.28. The van der Waals surface area contributed by atoms with Crippen molar-refractivity contribution in [3.63, 3.8) is 0 Å². The van der Waals surface area contributed by atoms with E-state index in [0.717, 1.165) is 13.1 Å². The molecule has 0 unspecified atom stereocenters. The summed E-state index contributed by atoms with van der Waals surface area (Å²) in [4.78, 5) is 25.1. The van der Waals surface area contributed by atoms with Crippen molar-refractivity contribution < 1.29 is 9.72 Å². The molecule has 0 aliphatic carbocycles. The van der Waals surface area contributed by atoms with Crippen LogP contribution in [0.2, 0.25) is 0 Å². The molecule has 1 aliphatic rings. The van der Waals surface area contributed by atoms with Crippen molar-refractivity contribution in [2.24, 2.45) is 0 Å². The summed E-state index contributed by atoms with van der Waals surface area (Å²) in [6.45, 7) is 4.53. The van der Waals surface area contributed by atoms with Gasteiger partial charge in [0, 0.05) is 32.2 Å². The Morgan fingerprint density at radius 1 is 1.53 bits per heavy atom. The maximum Gasteiger partial charge on any atom is 0.283 e. The zero-order valence-corrected chi connectivity index (χ0v) is 10.2. The Hall–Kier alpha value is -1.47. The summed E-state index contributed by atoms with van der Waals surface area (Å²) in [6, 6.07) is 1.38. The highest BCUT2D eigenvalue weighted by atomic mass is 32.1. The largest absolute Gasteiger partial charge is 0.335 e. The molecule has 0 saturated carbocycles. The van der Waals surface area contributed by atoms with Gasteiger partial charge in [0.25, 0.3) is 11.6 Å². The number of thiophene rings is 1. The molecule has 0 radical (unpaired) electrons. The Balaban J connectivity index is 2.19. The van der Waals surface area contributed by atoms with Gasteiger partial charge in [-0.25, -0.2) is 0 Å². The molecule has 0 aromatic carbocycles. The normalized spacial score (nSPS) is 15.9. The number of amides is 1. The van der Waals surface area contributed by atoms with E-state index in [1.54, 1.807) is 11.8 Å². The Labute approximate surface area is 102 Å². The van der Waals surface area contributed by atoms with Crippen LogP contribution in [0.1, 0.15) is 14.5 Å². The van der Waals surface area contributed by atoms with Crippen molar-refractivity contribution in [3.8, 4) is 0 Å². The van der Waals surface area contributed by atoms with Gasteiger partial charge >= 0.3 is 0 Å². The number of nitrogens with one attached hydrogen (secondary N) is 1. The van der Waals surface area contributed by atoms with Crippen LogP contribution in [0.5, 0.6) is 0 Å². The van der Waals surface area contributed by atoms with Crippen LogP contribution in [-0.4, -0.2) is 41.9 Å². The van der Waals surface area contributed by atoms with Gasteiger partial charge in [-0.1, -0.05) is 0 Å². The van der Waals surface area contributed by atoms with Gasteiger partial charge in [0.15, 0.2) is 0 Å². The fourth-order valence-electron chi connectivity index (χ4n) is 1.78. The van der Waals surface area contributed by atoms with E-state index < -0.39 is 4.92 Å². The molecule has 2 heterocycles. The average Bonchev–Trinajstić information content (AvgIpc) is 2.71. The van der Waals surface area contributed by atoms with E-state index in [2.05, 4.69) is 5.32 Å². The Morgan fingerprint density at radius 2 is 2.18 bits per heavy atom. The first-order chi connectivity index (χ1) is 8.09. The molecule has 0 spiro atoms. The molecule has 7 heteroatoms. The zero-order chi connectivity index (χ0) is 12.4. The molecule has 1 aromatic heterocycles. The summed E-state index contributed by atoms with van der Waals surface area (Å²) in [5.41, 5.74) is 0.0356. The van der Waals surface area contributed by atoms with Crippen LogP contribution in [0.3, 0.4) is 0 Å². The lowest BCUT2D eigenvalue weighted by Crippen LogP contribution is -2.46. The molecule has 0 atom stereocenters. The van der Waals surface area contributed by atoms with Gasteiger partial charge in [-0.15, -0.1) is 11.3 Å². The highest BCUT2D eigenvalue weighted by Gasteiger charge is 2.24. The predicted molar refractivity (Wildman–Crippen MR) is 64.5 cm³/mol. The lowest BCUT2D eigenvalue weighted by Gasteiger charge is -2.26. The third-order valence-electron chi connectivity index (χ3n) is 2.70. The van der Waals surface area contributed by atoms with E-state index in [0.29, 0.717) is 22.8 Å². The van der Waals surface area contributed by atoms with Gasteiger partial charge < -0.3 is 10.2 Å². The number of rotatable bonds is 2. The Bertz CT molecular complexity index is 452. The van der Waals surface area contributed by atoms with Gasteiger partial charge in [-0.3, -0.25) is 14.9 Å². The van der Waals surface area contributed by atoms with E-state index in [1.807, 2.05) is 0 Å². The van der Waals surface area contributed by atoms with E-state index in [1.165, 1.54) is 17.4 Å². The van der Waals surface area contributed by atoms with Crippen LogP contribution in [-0.2, 0) is 0 Å². The number of aryl methyl sites for hydroxylation is 1. The molecular weight excluding hydrogens is 242 g/mol. The summed E-state index contributed by atoms with van der Waals surface area (Å²) >= 11 is 1.19. The monoisotopic (exact) mass is 255 g/mol. The fourth-order valence-corrected chi connectivity index (χ4v) is 2.74. The van der Waals surface area contributed by atoms with Crippen LogP contribution >= 0.6 is 11.3 Å². The molecule has 1 N–H and O–H groups in total. The summed E-state index contributed by atoms with van der Waals surface area (Å²) in [5, 5.41) is 13.9. The summed E-state index contributed by atoms with van der Waals surface area (Å²) in [6.07, 6.45) is 0. The molecule has 6 nitrogen and oxygen atoms in total. The summed E-state index contributed by atoms with van der Waals surface area (Å²) in [7, 11) is 0. The zero-order valence-electron chi connectivity index (χ0n) is 9.43. The van der Waals surface area contributed by atoms with E-state index in [9.17, 15) is 14.9 Å². The van der Waals surface area contributed by atoms with Gasteiger partial charge in [-0.2, -0.15) is 0 Å². The van der Waals surface area contributed by atoms with Gasteiger partial charge in [-0.05, 0) is 6.92 Å². The van der Waals surface area contributed by atoms with Crippen LogP contribution in [0.4, 0.5) is 5.69 Å². The quantitative estimate of drug-likeness (QED) is 0.632. The summed E-state index contributed by atoms with van der Waals surface area (Å²) in [5.74, 6) is -0.104. The number of piperazine rings is 1. The third kappa shape index (κ3) is 2.45. The third-order valence-corrected chi connectivity index (χ3v) is 3.73. The first-order valence-electron chi connectivity index (χ1n) is 5.34. The molecule has 17 heavy (non-hydrogen) atoms. The number of carbonyl (C=O) groups excluding carboxylic acids is 1. The first-order valence-corrected chi connectivity index (χ1v) is 6.16. The number of nitrogens with zero attached hydrogens (tertiary/aromatic N) is 2. The summed E-state index contributed by atoms with van der Waals surface area (Å²) < 4.78 is 0. The maximum absolute atomic E-state index is 12.1. The van der Waals surface area contributed by atoms with Gasteiger partial charge in [0.2, 0.25) is 0 Å². The lowest BCUT2D eigenvalue weighted by molar-refractivity contribution is -0.385. The van der Waals surface area contributed by atoms with Crippen LogP contribution < -0.4 is 5.32 Å². The molecule has 1 aromatic rings. The number of hydrogen-bond acceptors (Lipinski definition) is 5. The van der Waals surface area contributed by atoms with Crippen molar-refractivity contribution >= 4 is 22.9 Å². The smallest absolute Gasteiger partial charge is 0.283 e. The molecule has 1 amide bonds. The van der Waals surface area contributed by atoms with Gasteiger partial charge in [0.1, 0.15) is 0 Å². The topological polar surface area (TPSA) is 75.5 Å². The minimum Gasteiger partial charge on any atom is -0.335 e. The molecule has 0 bridgehead atoms.